The first-order valence-corrected chi connectivity index (χ1v) is 7.67. The molecule has 2 amide bonds. The zero-order valence-corrected chi connectivity index (χ0v) is 13.0. The topological polar surface area (TPSA) is 67.4 Å². The molecule has 2 N–H and O–H groups in total. The van der Waals surface area contributed by atoms with E-state index in [1.165, 1.54) is 12.1 Å². The van der Waals surface area contributed by atoms with Crippen LogP contribution in [0.15, 0.2) is 42.5 Å². The number of benzene rings is 2. The number of ether oxygens (including phenoxy) is 1. The van der Waals surface area contributed by atoms with Crippen LogP contribution < -0.4 is 15.4 Å². The monoisotopic (exact) mass is 328 g/mol. The van der Waals surface area contributed by atoms with Crippen molar-refractivity contribution >= 4 is 17.5 Å². The summed E-state index contributed by atoms with van der Waals surface area (Å²) < 4.78 is 18.1. The van der Waals surface area contributed by atoms with Gasteiger partial charge in [0.15, 0.2) is 6.61 Å². The SMILES string of the molecule is O=C(CCc1ccc(F)cc1)NCc1ccc2c(c1)NC(=O)CO2. The molecule has 0 radical (unpaired) electrons. The highest BCUT2D eigenvalue weighted by Gasteiger charge is 2.15. The van der Waals surface area contributed by atoms with Gasteiger partial charge in [0, 0.05) is 13.0 Å². The second-order valence-corrected chi connectivity index (χ2v) is 5.57. The first-order valence-electron chi connectivity index (χ1n) is 7.67. The molecular weight excluding hydrogens is 311 g/mol. The van der Waals surface area contributed by atoms with E-state index >= 15 is 0 Å². The molecule has 24 heavy (non-hydrogen) atoms. The first-order chi connectivity index (χ1) is 11.6. The minimum Gasteiger partial charge on any atom is -0.482 e. The Morgan fingerprint density at radius 2 is 1.92 bits per heavy atom. The molecule has 3 rings (SSSR count). The van der Waals surface area contributed by atoms with E-state index in [0.717, 1.165) is 11.1 Å². The zero-order chi connectivity index (χ0) is 16.9. The lowest BCUT2D eigenvalue weighted by atomic mass is 10.1. The van der Waals surface area contributed by atoms with Gasteiger partial charge >= 0.3 is 0 Å². The summed E-state index contributed by atoms with van der Waals surface area (Å²) in [6.45, 7) is 0.387. The van der Waals surface area contributed by atoms with E-state index in [2.05, 4.69) is 10.6 Å². The third-order valence-electron chi connectivity index (χ3n) is 3.72. The predicted octanol–water partition coefficient (Wildman–Crippen LogP) is 2.41. The highest BCUT2D eigenvalue weighted by molar-refractivity contribution is 5.95. The summed E-state index contributed by atoms with van der Waals surface area (Å²) in [6, 6.07) is 11.5. The van der Waals surface area contributed by atoms with E-state index in [0.29, 0.717) is 30.8 Å². The van der Waals surface area contributed by atoms with E-state index in [1.54, 1.807) is 24.3 Å². The number of amides is 2. The Labute approximate surface area is 138 Å². The molecule has 2 aromatic rings. The van der Waals surface area contributed by atoms with Gasteiger partial charge in [-0.25, -0.2) is 4.39 Å². The molecule has 0 saturated carbocycles. The largest absolute Gasteiger partial charge is 0.482 e. The van der Waals surface area contributed by atoms with Gasteiger partial charge in [-0.3, -0.25) is 9.59 Å². The van der Waals surface area contributed by atoms with Gasteiger partial charge in [-0.05, 0) is 41.8 Å². The molecule has 0 bridgehead atoms. The summed E-state index contributed by atoms with van der Waals surface area (Å²) in [7, 11) is 0. The quantitative estimate of drug-likeness (QED) is 0.886. The molecule has 1 heterocycles. The van der Waals surface area contributed by atoms with Gasteiger partial charge in [0.2, 0.25) is 5.91 Å². The van der Waals surface area contributed by atoms with Crippen molar-refractivity contribution in [2.75, 3.05) is 11.9 Å². The summed E-state index contributed by atoms with van der Waals surface area (Å²) >= 11 is 0. The molecule has 5 nitrogen and oxygen atoms in total. The number of hydrogen-bond donors (Lipinski definition) is 2. The molecule has 0 saturated heterocycles. The second kappa shape index (κ2) is 7.12. The fraction of sp³-hybridized carbons (Fsp3) is 0.222. The van der Waals surface area contributed by atoms with Crippen molar-refractivity contribution in [3.63, 3.8) is 0 Å². The van der Waals surface area contributed by atoms with Crippen molar-refractivity contribution in [1.82, 2.24) is 5.32 Å². The first kappa shape index (κ1) is 16.0. The van der Waals surface area contributed by atoms with Crippen molar-refractivity contribution in [3.05, 3.63) is 59.4 Å². The maximum absolute atomic E-state index is 12.8. The fourth-order valence-electron chi connectivity index (χ4n) is 2.44. The van der Waals surface area contributed by atoms with Crippen LogP contribution in [0, 0.1) is 5.82 Å². The van der Waals surface area contributed by atoms with Crippen LogP contribution in [0.1, 0.15) is 17.5 Å². The molecule has 124 valence electrons. The minimum atomic E-state index is -0.285. The van der Waals surface area contributed by atoms with Crippen LogP contribution in [0.5, 0.6) is 5.75 Å². The van der Waals surface area contributed by atoms with Gasteiger partial charge in [-0.15, -0.1) is 0 Å². The number of carbonyl (C=O) groups is 2. The number of fused-ring (bicyclic) bond motifs is 1. The van der Waals surface area contributed by atoms with Crippen LogP contribution in [-0.4, -0.2) is 18.4 Å². The third-order valence-corrected chi connectivity index (χ3v) is 3.72. The molecule has 0 spiro atoms. The number of anilines is 1. The van der Waals surface area contributed by atoms with E-state index < -0.39 is 0 Å². The second-order valence-electron chi connectivity index (χ2n) is 5.57. The highest BCUT2D eigenvalue weighted by Crippen LogP contribution is 2.28. The molecule has 0 fully saturated rings. The van der Waals surface area contributed by atoms with Gasteiger partial charge in [-0.2, -0.15) is 0 Å². The molecule has 6 heteroatoms. The number of rotatable bonds is 5. The number of halogens is 1. The lowest BCUT2D eigenvalue weighted by molar-refractivity contribution is -0.121. The van der Waals surface area contributed by atoms with Crippen molar-refractivity contribution < 1.29 is 18.7 Å². The summed E-state index contributed by atoms with van der Waals surface area (Å²) in [4.78, 5) is 23.2. The fourth-order valence-corrected chi connectivity index (χ4v) is 2.44. The normalized spacial score (nSPS) is 12.8. The third kappa shape index (κ3) is 4.10. The standard InChI is InChI=1S/C18H17FN2O3/c19-14-5-1-12(2-6-14)4-8-17(22)20-10-13-3-7-16-15(9-13)21-18(23)11-24-16/h1-3,5-7,9H,4,8,10-11H2,(H,20,22)(H,21,23). The van der Waals surface area contributed by atoms with Gasteiger partial charge in [0.1, 0.15) is 11.6 Å². The van der Waals surface area contributed by atoms with Gasteiger partial charge in [0.25, 0.3) is 5.91 Å². The lowest BCUT2D eigenvalue weighted by Crippen LogP contribution is -2.26. The Balaban J connectivity index is 1.50. The summed E-state index contributed by atoms with van der Waals surface area (Å²) in [5, 5.41) is 5.56. The van der Waals surface area contributed by atoms with Crippen LogP contribution in [0.3, 0.4) is 0 Å². The number of carbonyl (C=O) groups excluding carboxylic acids is 2. The zero-order valence-electron chi connectivity index (χ0n) is 13.0. The van der Waals surface area contributed by atoms with Gasteiger partial charge < -0.3 is 15.4 Å². The average Bonchev–Trinajstić information content (AvgIpc) is 2.59. The van der Waals surface area contributed by atoms with Crippen molar-refractivity contribution in [2.24, 2.45) is 0 Å². The summed E-state index contributed by atoms with van der Waals surface area (Å²) in [5.74, 6) is 0.0629. The Morgan fingerprint density at radius 3 is 2.71 bits per heavy atom. The number of nitrogens with one attached hydrogen (secondary N) is 2. The number of hydrogen-bond acceptors (Lipinski definition) is 3. The van der Waals surface area contributed by atoms with Crippen LogP contribution in [-0.2, 0) is 22.6 Å². The Bertz CT molecular complexity index is 759. The van der Waals surface area contributed by atoms with Gasteiger partial charge in [0.05, 0.1) is 5.69 Å². The Kier molecular flexibility index (Phi) is 4.74. The minimum absolute atomic E-state index is 0.0203. The average molecular weight is 328 g/mol. The predicted molar refractivity (Wildman–Crippen MR) is 87.1 cm³/mol. The summed E-state index contributed by atoms with van der Waals surface area (Å²) in [6.07, 6.45) is 0.886. The van der Waals surface area contributed by atoms with E-state index in [1.807, 2.05) is 6.07 Å². The number of aryl methyl sites for hydroxylation is 1. The molecule has 0 unspecified atom stereocenters. The molecule has 0 aromatic heterocycles. The van der Waals surface area contributed by atoms with E-state index in [9.17, 15) is 14.0 Å². The van der Waals surface area contributed by atoms with Crippen LogP contribution in [0.25, 0.3) is 0 Å². The van der Waals surface area contributed by atoms with Crippen LogP contribution in [0.4, 0.5) is 10.1 Å². The molecule has 0 atom stereocenters. The van der Waals surface area contributed by atoms with E-state index in [-0.39, 0.29) is 24.2 Å². The van der Waals surface area contributed by atoms with Crippen molar-refractivity contribution in [3.8, 4) is 5.75 Å². The van der Waals surface area contributed by atoms with Crippen LogP contribution >= 0.6 is 0 Å². The Hall–Kier alpha value is -2.89. The smallest absolute Gasteiger partial charge is 0.262 e. The molecule has 1 aliphatic heterocycles. The molecule has 0 aliphatic carbocycles. The molecule has 1 aliphatic rings. The van der Waals surface area contributed by atoms with Crippen LogP contribution in [0.2, 0.25) is 0 Å². The maximum atomic E-state index is 12.8. The molecular formula is C18H17FN2O3. The maximum Gasteiger partial charge on any atom is 0.262 e. The van der Waals surface area contributed by atoms with Crippen molar-refractivity contribution in [1.29, 1.82) is 0 Å². The molecule has 2 aromatic carbocycles. The van der Waals surface area contributed by atoms with Crippen molar-refractivity contribution in [2.45, 2.75) is 19.4 Å². The summed E-state index contributed by atoms with van der Waals surface area (Å²) in [5.41, 5.74) is 2.40. The van der Waals surface area contributed by atoms with E-state index in [4.69, 9.17) is 4.74 Å². The Morgan fingerprint density at radius 1 is 1.17 bits per heavy atom. The van der Waals surface area contributed by atoms with Gasteiger partial charge in [-0.1, -0.05) is 18.2 Å². The lowest BCUT2D eigenvalue weighted by Gasteiger charge is -2.18. The highest BCUT2D eigenvalue weighted by atomic mass is 19.1.